The van der Waals surface area contributed by atoms with Gasteiger partial charge in [-0.2, -0.15) is 0 Å². The molecule has 0 radical (unpaired) electrons. The highest BCUT2D eigenvalue weighted by Crippen LogP contribution is 2.21. The predicted octanol–water partition coefficient (Wildman–Crippen LogP) is 1.76. The standard InChI is InChI=1S/C19H21N6/c1-23-11-8-18-24(12-13-25(18)23)14-15-2-4-16(5-3-15)19(20)22-17-6-9-21-10-7-17/h2-11H,12-14H2,1H3,(H2,20,21,22)/q+1. The van der Waals surface area contributed by atoms with Gasteiger partial charge in [-0.25, -0.2) is 4.99 Å². The number of hydrogen-bond acceptors (Lipinski definition) is 3. The Labute approximate surface area is 146 Å². The lowest BCUT2D eigenvalue weighted by Crippen LogP contribution is -2.37. The van der Waals surface area contributed by atoms with Gasteiger partial charge in [-0.15, -0.1) is 9.36 Å². The van der Waals surface area contributed by atoms with E-state index in [0.29, 0.717) is 5.84 Å². The van der Waals surface area contributed by atoms with Crippen molar-refractivity contribution in [3.63, 3.8) is 0 Å². The molecule has 126 valence electrons. The average Bonchev–Trinajstić information content (AvgIpc) is 3.20. The molecule has 0 saturated heterocycles. The predicted molar refractivity (Wildman–Crippen MR) is 97.7 cm³/mol. The average molecular weight is 333 g/mol. The van der Waals surface area contributed by atoms with E-state index < -0.39 is 0 Å². The lowest BCUT2D eigenvalue weighted by molar-refractivity contribution is -0.751. The van der Waals surface area contributed by atoms with Crippen LogP contribution in [0.2, 0.25) is 0 Å². The third-order valence-corrected chi connectivity index (χ3v) is 4.53. The Kier molecular flexibility index (Phi) is 3.93. The molecule has 0 bridgehead atoms. The van der Waals surface area contributed by atoms with E-state index in [4.69, 9.17) is 5.73 Å². The Morgan fingerprint density at radius 2 is 1.88 bits per heavy atom. The van der Waals surface area contributed by atoms with Gasteiger partial charge in [0.15, 0.2) is 19.1 Å². The van der Waals surface area contributed by atoms with Crippen molar-refractivity contribution in [2.75, 3.05) is 11.4 Å². The van der Waals surface area contributed by atoms with Crippen molar-refractivity contribution >= 4 is 17.3 Å². The van der Waals surface area contributed by atoms with Crippen LogP contribution in [0.25, 0.3) is 0 Å². The fourth-order valence-corrected chi connectivity index (χ4v) is 3.16. The van der Waals surface area contributed by atoms with Gasteiger partial charge in [0, 0.05) is 31.0 Å². The highest BCUT2D eigenvalue weighted by molar-refractivity contribution is 5.99. The monoisotopic (exact) mass is 333 g/mol. The highest BCUT2D eigenvalue weighted by atomic mass is 15.5. The van der Waals surface area contributed by atoms with Crippen LogP contribution in [0.1, 0.15) is 11.1 Å². The lowest BCUT2D eigenvalue weighted by atomic mass is 10.1. The Hall–Kier alpha value is -3.15. The summed E-state index contributed by atoms with van der Waals surface area (Å²) in [6, 6.07) is 14.1. The van der Waals surface area contributed by atoms with Crippen LogP contribution in [0, 0.1) is 0 Å². The molecule has 2 aromatic heterocycles. The minimum Gasteiger partial charge on any atom is -0.383 e. The smallest absolute Gasteiger partial charge is 0.197 e. The molecule has 0 aliphatic carbocycles. The number of nitrogens with zero attached hydrogens (tertiary/aromatic N) is 5. The largest absolute Gasteiger partial charge is 0.383 e. The number of hydrogen-bond donors (Lipinski definition) is 1. The van der Waals surface area contributed by atoms with E-state index in [2.05, 4.69) is 55.7 Å². The summed E-state index contributed by atoms with van der Waals surface area (Å²) in [6.45, 7) is 2.96. The van der Waals surface area contributed by atoms with Gasteiger partial charge in [0.1, 0.15) is 5.84 Å². The summed E-state index contributed by atoms with van der Waals surface area (Å²) in [5.41, 5.74) is 9.12. The molecule has 6 nitrogen and oxygen atoms in total. The maximum atomic E-state index is 6.12. The van der Waals surface area contributed by atoms with Gasteiger partial charge in [-0.1, -0.05) is 24.3 Å². The van der Waals surface area contributed by atoms with Crippen LogP contribution in [0.15, 0.2) is 66.0 Å². The molecule has 3 aromatic rings. The van der Waals surface area contributed by atoms with Crippen LogP contribution in [0.3, 0.4) is 0 Å². The van der Waals surface area contributed by atoms with Crippen LogP contribution < -0.4 is 15.3 Å². The summed E-state index contributed by atoms with van der Waals surface area (Å²) < 4.78 is 4.42. The molecule has 0 unspecified atom stereocenters. The summed E-state index contributed by atoms with van der Waals surface area (Å²) in [5, 5.41) is 0. The second kappa shape index (κ2) is 6.39. The first-order chi connectivity index (χ1) is 12.2. The van der Waals surface area contributed by atoms with Gasteiger partial charge in [0.25, 0.3) is 0 Å². The first-order valence-electron chi connectivity index (χ1n) is 8.34. The van der Waals surface area contributed by atoms with E-state index in [1.807, 2.05) is 24.3 Å². The van der Waals surface area contributed by atoms with Gasteiger partial charge in [0.05, 0.1) is 18.3 Å². The number of nitrogens with two attached hydrogens (primary N) is 1. The Bertz CT molecular complexity index is 895. The van der Waals surface area contributed by atoms with E-state index in [1.54, 1.807) is 12.4 Å². The zero-order valence-corrected chi connectivity index (χ0v) is 14.2. The van der Waals surface area contributed by atoms with E-state index in [0.717, 1.165) is 30.9 Å². The first-order valence-corrected chi connectivity index (χ1v) is 8.34. The van der Waals surface area contributed by atoms with E-state index in [-0.39, 0.29) is 0 Å². The molecule has 0 saturated carbocycles. The molecule has 0 atom stereocenters. The third-order valence-electron chi connectivity index (χ3n) is 4.53. The zero-order chi connectivity index (χ0) is 17.2. The third kappa shape index (κ3) is 3.10. The molecular weight excluding hydrogens is 312 g/mol. The molecule has 0 fully saturated rings. The van der Waals surface area contributed by atoms with Crippen molar-refractivity contribution in [3.05, 3.63) is 72.2 Å². The Balaban J connectivity index is 1.48. The number of aromatic nitrogens is 3. The zero-order valence-electron chi connectivity index (χ0n) is 14.2. The molecule has 2 N–H and O–H groups in total. The maximum Gasteiger partial charge on any atom is 0.197 e. The fourth-order valence-electron chi connectivity index (χ4n) is 3.16. The maximum absolute atomic E-state index is 6.12. The first kappa shape index (κ1) is 15.4. The SMILES string of the molecule is C[n+]1ccc2n1CCN2Cc1ccc(C(N)=Nc2ccncc2)cc1. The van der Waals surface area contributed by atoms with Crippen molar-refractivity contribution in [2.45, 2.75) is 13.1 Å². The molecule has 1 aliphatic heterocycles. The normalized spacial score (nSPS) is 14.0. The van der Waals surface area contributed by atoms with Gasteiger partial charge in [-0.3, -0.25) is 4.98 Å². The number of benzene rings is 1. The second-order valence-corrected chi connectivity index (χ2v) is 6.19. The molecule has 0 amide bonds. The Morgan fingerprint density at radius 3 is 2.64 bits per heavy atom. The Morgan fingerprint density at radius 1 is 1.12 bits per heavy atom. The molecule has 3 heterocycles. The molecule has 6 heteroatoms. The quantitative estimate of drug-likeness (QED) is 0.450. The van der Waals surface area contributed by atoms with Crippen molar-refractivity contribution in [1.29, 1.82) is 0 Å². The van der Waals surface area contributed by atoms with Crippen LogP contribution in [-0.4, -0.2) is 22.0 Å². The van der Waals surface area contributed by atoms with Crippen molar-refractivity contribution < 1.29 is 4.68 Å². The topological polar surface area (TPSA) is 63.3 Å². The highest BCUT2D eigenvalue weighted by Gasteiger charge is 2.24. The van der Waals surface area contributed by atoms with Gasteiger partial charge in [-0.05, 0) is 17.7 Å². The number of amidine groups is 1. The van der Waals surface area contributed by atoms with Crippen LogP contribution >= 0.6 is 0 Å². The molecule has 4 rings (SSSR count). The van der Waals surface area contributed by atoms with Gasteiger partial charge in [0.2, 0.25) is 0 Å². The fraction of sp³-hybridized carbons (Fsp3) is 0.211. The van der Waals surface area contributed by atoms with E-state index in [9.17, 15) is 0 Å². The van der Waals surface area contributed by atoms with Crippen molar-refractivity contribution in [3.8, 4) is 0 Å². The van der Waals surface area contributed by atoms with Crippen LogP contribution in [0.4, 0.5) is 11.5 Å². The van der Waals surface area contributed by atoms with Gasteiger partial charge >= 0.3 is 0 Å². The van der Waals surface area contributed by atoms with Crippen molar-refractivity contribution in [1.82, 2.24) is 9.67 Å². The number of aliphatic imine (C=N–C) groups is 1. The van der Waals surface area contributed by atoms with Gasteiger partial charge < -0.3 is 10.6 Å². The molecular formula is C19H21N6+. The summed E-state index contributed by atoms with van der Waals surface area (Å²) in [5.74, 6) is 1.78. The van der Waals surface area contributed by atoms with E-state index in [1.165, 1.54) is 11.4 Å². The lowest BCUT2D eigenvalue weighted by Gasteiger charge is -2.16. The van der Waals surface area contributed by atoms with E-state index >= 15 is 0 Å². The molecule has 1 aliphatic rings. The number of pyridine rings is 1. The summed E-state index contributed by atoms with van der Waals surface area (Å²) >= 11 is 0. The van der Waals surface area contributed by atoms with Crippen LogP contribution in [-0.2, 0) is 20.1 Å². The molecule has 25 heavy (non-hydrogen) atoms. The van der Waals surface area contributed by atoms with Crippen molar-refractivity contribution in [2.24, 2.45) is 17.8 Å². The molecule has 1 aromatic carbocycles. The number of anilines is 1. The van der Waals surface area contributed by atoms with Crippen LogP contribution in [0.5, 0.6) is 0 Å². The minimum absolute atomic E-state index is 0.514. The summed E-state index contributed by atoms with van der Waals surface area (Å²) in [6.07, 6.45) is 5.52. The summed E-state index contributed by atoms with van der Waals surface area (Å²) in [7, 11) is 2.08. The minimum atomic E-state index is 0.514. The second-order valence-electron chi connectivity index (χ2n) is 6.19. The summed E-state index contributed by atoms with van der Waals surface area (Å²) in [4.78, 5) is 10.8. The number of aryl methyl sites for hydroxylation is 1. The number of fused-ring (bicyclic) bond motifs is 1. The molecule has 0 spiro atoms. The number of rotatable bonds is 4.